The van der Waals surface area contributed by atoms with Crippen molar-refractivity contribution in [3.8, 4) is 11.1 Å². The minimum absolute atomic E-state index is 0.108. The highest BCUT2D eigenvalue weighted by atomic mass is 79.9. The van der Waals surface area contributed by atoms with Crippen molar-refractivity contribution in [2.24, 2.45) is 5.73 Å². The molecule has 0 atom stereocenters. The number of para-hydroxylation sites is 1. The molecule has 150 valence electrons. The summed E-state index contributed by atoms with van der Waals surface area (Å²) in [4.78, 5) is 12.2. The summed E-state index contributed by atoms with van der Waals surface area (Å²) in [6.07, 6.45) is 0. The molecular weight excluding hydrogens is 452 g/mol. The third kappa shape index (κ3) is 4.36. The van der Waals surface area contributed by atoms with Gasteiger partial charge in [0.2, 0.25) is 0 Å². The maximum atomic E-state index is 13.3. The van der Waals surface area contributed by atoms with Gasteiger partial charge in [-0.15, -0.1) is 0 Å². The first-order valence-electron chi connectivity index (χ1n) is 8.89. The van der Waals surface area contributed by atoms with E-state index in [9.17, 15) is 13.2 Å². The number of halogens is 1. The zero-order valence-corrected chi connectivity index (χ0v) is 18.7. The average Bonchev–Trinajstić information content (AvgIpc) is 2.61. The largest absolute Gasteiger partial charge is 0.366 e. The van der Waals surface area contributed by atoms with Crippen LogP contribution in [0.5, 0.6) is 0 Å². The maximum Gasteiger partial charge on any atom is 0.262 e. The van der Waals surface area contributed by atoms with Crippen LogP contribution in [0.3, 0.4) is 0 Å². The number of primary amides is 1. The molecule has 0 heterocycles. The number of anilines is 1. The Hall–Kier alpha value is -2.64. The fourth-order valence-corrected chi connectivity index (χ4v) is 5.33. The Morgan fingerprint density at radius 2 is 1.55 bits per heavy atom. The van der Waals surface area contributed by atoms with Gasteiger partial charge in [0.1, 0.15) is 0 Å². The van der Waals surface area contributed by atoms with Gasteiger partial charge in [-0.2, -0.15) is 0 Å². The number of sulfonamides is 1. The van der Waals surface area contributed by atoms with Crippen LogP contribution in [0.15, 0.2) is 64.0 Å². The fourth-order valence-electron chi connectivity index (χ4n) is 3.51. The van der Waals surface area contributed by atoms with Crippen LogP contribution in [0.4, 0.5) is 5.69 Å². The van der Waals surface area contributed by atoms with Crippen LogP contribution in [0.25, 0.3) is 11.1 Å². The van der Waals surface area contributed by atoms with E-state index < -0.39 is 15.9 Å². The van der Waals surface area contributed by atoms with Gasteiger partial charge >= 0.3 is 0 Å². The van der Waals surface area contributed by atoms with Crippen molar-refractivity contribution < 1.29 is 13.2 Å². The van der Waals surface area contributed by atoms with Gasteiger partial charge in [-0.25, -0.2) is 8.42 Å². The van der Waals surface area contributed by atoms with E-state index in [1.54, 1.807) is 26.0 Å². The Bertz CT molecular complexity index is 1180. The van der Waals surface area contributed by atoms with Crippen molar-refractivity contribution in [2.45, 2.75) is 25.7 Å². The quantitative estimate of drug-likeness (QED) is 0.550. The Kier molecular flexibility index (Phi) is 5.82. The van der Waals surface area contributed by atoms with Gasteiger partial charge in [0.15, 0.2) is 0 Å². The molecule has 5 nitrogen and oxygen atoms in total. The second kappa shape index (κ2) is 8.00. The van der Waals surface area contributed by atoms with E-state index in [0.29, 0.717) is 16.7 Å². The van der Waals surface area contributed by atoms with Crippen LogP contribution < -0.4 is 10.5 Å². The number of carbonyl (C=O) groups excluding carboxylic acids is 1. The van der Waals surface area contributed by atoms with E-state index in [0.717, 1.165) is 15.6 Å². The topological polar surface area (TPSA) is 89.3 Å². The molecule has 0 bridgehead atoms. The molecule has 0 aliphatic rings. The molecule has 0 aliphatic heterocycles. The lowest BCUT2D eigenvalue weighted by Gasteiger charge is -2.18. The Balaban J connectivity index is 2.20. The molecule has 0 aromatic heterocycles. The van der Waals surface area contributed by atoms with Gasteiger partial charge in [0.05, 0.1) is 16.1 Å². The van der Waals surface area contributed by atoms with Gasteiger partial charge in [-0.3, -0.25) is 9.52 Å². The monoisotopic (exact) mass is 472 g/mol. The Morgan fingerprint density at radius 3 is 2.10 bits per heavy atom. The molecule has 0 unspecified atom stereocenters. The summed E-state index contributed by atoms with van der Waals surface area (Å²) in [5.41, 5.74) is 9.39. The number of rotatable bonds is 5. The zero-order valence-electron chi connectivity index (χ0n) is 16.3. The molecule has 0 saturated heterocycles. The molecule has 3 N–H and O–H groups in total. The van der Waals surface area contributed by atoms with Crippen molar-refractivity contribution in [1.82, 2.24) is 0 Å². The third-order valence-electron chi connectivity index (χ3n) is 4.59. The summed E-state index contributed by atoms with van der Waals surface area (Å²) in [6.45, 7) is 5.42. The van der Waals surface area contributed by atoms with Crippen molar-refractivity contribution in [2.75, 3.05) is 4.72 Å². The van der Waals surface area contributed by atoms with Crippen LogP contribution in [0.2, 0.25) is 0 Å². The van der Waals surface area contributed by atoms with Crippen LogP contribution in [-0.4, -0.2) is 14.3 Å². The summed E-state index contributed by atoms with van der Waals surface area (Å²) < 4.78 is 30.1. The summed E-state index contributed by atoms with van der Waals surface area (Å²) in [5.74, 6) is -0.709. The number of benzene rings is 3. The van der Waals surface area contributed by atoms with Gasteiger partial charge < -0.3 is 5.73 Å². The molecule has 29 heavy (non-hydrogen) atoms. The molecule has 3 rings (SSSR count). The van der Waals surface area contributed by atoms with E-state index in [2.05, 4.69) is 20.7 Å². The van der Waals surface area contributed by atoms with Gasteiger partial charge in [0.25, 0.3) is 15.9 Å². The minimum atomic E-state index is -3.95. The highest BCUT2D eigenvalue weighted by Gasteiger charge is 2.24. The van der Waals surface area contributed by atoms with Crippen LogP contribution in [-0.2, 0) is 10.0 Å². The fraction of sp³-hybridized carbons (Fsp3) is 0.136. The molecule has 3 aromatic rings. The molecule has 3 aromatic carbocycles. The van der Waals surface area contributed by atoms with E-state index in [-0.39, 0.29) is 16.1 Å². The maximum absolute atomic E-state index is 13.3. The SMILES string of the molecule is Cc1cc(C)c(S(=O)(=O)Nc2c(C(N)=O)cccc2-c2ccc(Br)cc2)c(C)c1. The predicted octanol–water partition coefficient (Wildman–Crippen LogP) is 4.94. The third-order valence-corrected chi connectivity index (χ3v) is 6.78. The number of nitrogens with one attached hydrogen (secondary N) is 1. The first-order valence-corrected chi connectivity index (χ1v) is 11.2. The van der Waals surface area contributed by atoms with Crippen molar-refractivity contribution in [3.63, 3.8) is 0 Å². The molecule has 0 fully saturated rings. The van der Waals surface area contributed by atoms with E-state index in [1.165, 1.54) is 6.07 Å². The number of carbonyl (C=O) groups is 1. The van der Waals surface area contributed by atoms with Gasteiger partial charge in [-0.05, 0) is 55.7 Å². The van der Waals surface area contributed by atoms with E-state index >= 15 is 0 Å². The highest BCUT2D eigenvalue weighted by molar-refractivity contribution is 9.10. The smallest absolute Gasteiger partial charge is 0.262 e. The molecule has 0 aliphatic carbocycles. The van der Waals surface area contributed by atoms with Crippen molar-refractivity contribution in [3.05, 3.63) is 81.3 Å². The molecular formula is C22H21BrN2O3S. The molecule has 0 spiro atoms. The lowest BCUT2D eigenvalue weighted by molar-refractivity contribution is 0.100. The molecule has 1 amide bonds. The standard InChI is InChI=1S/C22H21BrN2O3S/c1-13-11-14(2)21(15(3)12-13)29(27,28)25-20-18(5-4-6-19(20)22(24)26)16-7-9-17(23)10-8-16/h4-12,25H,1-3H3,(H2,24,26). The number of hydrogen-bond acceptors (Lipinski definition) is 3. The first kappa shape index (κ1) is 21.1. The summed E-state index contributed by atoms with van der Waals surface area (Å²) in [6, 6.07) is 15.9. The summed E-state index contributed by atoms with van der Waals surface area (Å²) in [7, 11) is -3.95. The minimum Gasteiger partial charge on any atom is -0.366 e. The summed E-state index contributed by atoms with van der Waals surface area (Å²) >= 11 is 3.39. The normalized spacial score (nSPS) is 11.3. The number of aryl methyl sites for hydroxylation is 3. The van der Waals surface area contributed by atoms with Crippen molar-refractivity contribution in [1.29, 1.82) is 0 Å². The second-order valence-corrected chi connectivity index (χ2v) is 9.47. The van der Waals surface area contributed by atoms with Crippen LogP contribution in [0.1, 0.15) is 27.0 Å². The van der Waals surface area contributed by atoms with E-state index in [4.69, 9.17) is 5.73 Å². The lowest BCUT2D eigenvalue weighted by atomic mass is 10.0. The van der Waals surface area contributed by atoms with Gasteiger partial charge in [-0.1, -0.05) is 57.9 Å². The van der Waals surface area contributed by atoms with Crippen LogP contribution >= 0.6 is 15.9 Å². The van der Waals surface area contributed by atoms with Crippen LogP contribution in [0, 0.1) is 20.8 Å². The van der Waals surface area contributed by atoms with E-state index in [1.807, 2.05) is 43.3 Å². The number of hydrogen-bond donors (Lipinski definition) is 2. The highest BCUT2D eigenvalue weighted by Crippen LogP contribution is 2.34. The Morgan fingerprint density at radius 1 is 0.966 bits per heavy atom. The zero-order chi connectivity index (χ0) is 21.3. The predicted molar refractivity (Wildman–Crippen MR) is 120 cm³/mol. The van der Waals surface area contributed by atoms with Crippen molar-refractivity contribution >= 4 is 37.5 Å². The molecule has 0 radical (unpaired) electrons. The number of amides is 1. The second-order valence-electron chi connectivity index (χ2n) is 6.93. The molecule has 0 saturated carbocycles. The average molecular weight is 473 g/mol. The number of nitrogens with two attached hydrogens (primary N) is 1. The lowest BCUT2D eigenvalue weighted by Crippen LogP contribution is -2.20. The Labute approximate surface area is 179 Å². The van der Waals surface area contributed by atoms with Gasteiger partial charge in [0, 0.05) is 10.0 Å². The first-order chi connectivity index (χ1) is 13.6. The molecule has 7 heteroatoms. The summed E-state index contributed by atoms with van der Waals surface area (Å²) in [5, 5.41) is 0.